The third kappa shape index (κ3) is 6.83. The van der Waals surface area contributed by atoms with E-state index < -0.39 is 23.5 Å². The van der Waals surface area contributed by atoms with Gasteiger partial charge in [-0.1, -0.05) is 29.4 Å². The van der Waals surface area contributed by atoms with Crippen LogP contribution in [0.3, 0.4) is 0 Å². The van der Waals surface area contributed by atoms with Crippen LogP contribution in [0.15, 0.2) is 34.9 Å². The van der Waals surface area contributed by atoms with E-state index in [1.165, 1.54) is 6.07 Å². The molecule has 1 aromatic carbocycles. The number of halogens is 2. The van der Waals surface area contributed by atoms with E-state index in [-0.39, 0.29) is 48.5 Å². The molecule has 10 nitrogen and oxygen atoms in total. The molecule has 40 heavy (non-hydrogen) atoms. The van der Waals surface area contributed by atoms with Crippen LogP contribution in [-0.2, 0) is 16.0 Å². The number of amides is 2. The van der Waals surface area contributed by atoms with Gasteiger partial charge in [0.1, 0.15) is 22.9 Å². The van der Waals surface area contributed by atoms with Gasteiger partial charge in [0, 0.05) is 36.4 Å². The van der Waals surface area contributed by atoms with Crippen molar-refractivity contribution in [2.75, 3.05) is 10.6 Å². The second kappa shape index (κ2) is 11.1. The summed E-state index contributed by atoms with van der Waals surface area (Å²) in [5, 5.41) is 23.6. The number of alkyl halides is 2. The minimum absolute atomic E-state index is 0.0226. The van der Waals surface area contributed by atoms with Gasteiger partial charge in [0.25, 0.3) is 0 Å². The van der Waals surface area contributed by atoms with E-state index in [4.69, 9.17) is 9.26 Å². The second-order valence-electron chi connectivity index (χ2n) is 11.2. The quantitative estimate of drug-likeness (QED) is 0.344. The first-order valence-corrected chi connectivity index (χ1v) is 13.0. The average molecular weight is 555 g/mol. The first-order valence-electron chi connectivity index (χ1n) is 13.0. The van der Waals surface area contributed by atoms with Gasteiger partial charge in [-0.2, -0.15) is 10.4 Å². The van der Waals surface area contributed by atoms with Crippen molar-refractivity contribution >= 4 is 23.7 Å². The monoisotopic (exact) mass is 554 g/mol. The minimum Gasteiger partial charge on any atom is -0.444 e. The fraction of sp³-hybridized carbons (Fsp3) is 0.464. The Hall–Kier alpha value is -4.27. The molecule has 0 aliphatic heterocycles. The molecule has 4 rings (SSSR count). The molecule has 0 saturated heterocycles. The number of rotatable bonds is 7. The molecule has 0 spiro atoms. The Morgan fingerprint density at radius 1 is 1.25 bits per heavy atom. The zero-order valence-corrected chi connectivity index (χ0v) is 23.0. The van der Waals surface area contributed by atoms with E-state index in [1.54, 1.807) is 49.7 Å². The van der Waals surface area contributed by atoms with Gasteiger partial charge in [-0.3, -0.25) is 15.4 Å². The van der Waals surface area contributed by atoms with E-state index in [0.717, 1.165) is 0 Å². The number of nitrogens with zero attached hydrogens (tertiary/aromatic N) is 4. The topological polar surface area (TPSA) is 135 Å². The number of carbonyl (C=O) groups is 2. The predicted octanol–water partition coefficient (Wildman–Crippen LogP) is 6.42. The second-order valence-corrected chi connectivity index (χ2v) is 11.2. The third-order valence-electron chi connectivity index (χ3n) is 6.34. The summed E-state index contributed by atoms with van der Waals surface area (Å²) in [6.07, 6.45) is -0.813. The van der Waals surface area contributed by atoms with E-state index in [2.05, 4.69) is 27.0 Å². The summed E-state index contributed by atoms with van der Waals surface area (Å²) in [5.74, 6) is -3.11. The molecule has 1 saturated carbocycles. The molecule has 0 radical (unpaired) electrons. The van der Waals surface area contributed by atoms with Crippen molar-refractivity contribution in [3.63, 3.8) is 0 Å². The van der Waals surface area contributed by atoms with E-state index >= 15 is 0 Å². The molecule has 2 N–H and O–H groups in total. The highest BCUT2D eigenvalue weighted by Gasteiger charge is 2.41. The number of nitrogens with one attached hydrogen (secondary N) is 2. The Morgan fingerprint density at radius 3 is 2.52 bits per heavy atom. The van der Waals surface area contributed by atoms with Crippen molar-refractivity contribution < 1.29 is 27.6 Å². The average Bonchev–Trinajstić information content (AvgIpc) is 3.55. The minimum atomic E-state index is -2.70. The fourth-order valence-electron chi connectivity index (χ4n) is 4.53. The Kier molecular flexibility index (Phi) is 7.95. The normalized spacial score (nSPS) is 16.5. The van der Waals surface area contributed by atoms with Gasteiger partial charge in [0.2, 0.25) is 17.7 Å². The lowest BCUT2D eigenvalue weighted by molar-refractivity contribution is -0.115. The molecule has 3 aromatic rings. The number of aromatic nitrogens is 3. The first kappa shape index (κ1) is 28.7. The van der Waals surface area contributed by atoms with Gasteiger partial charge in [-0.15, -0.1) is 0 Å². The summed E-state index contributed by atoms with van der Waals surface area (Å²) in [6, 6.07) is 10.4. The zero-order chi connectivity index (χ0) is 29.2. The SMILES string of the molecule is CC(C)n1nc(-c2ccc(CC(=O)Nc3cc(C4CCC(F)(F)C4)no3)cc2)c(C#N)c1NC(=O)OC(C)(C)C. The maximum atomic E-state index is 13.5. The Morgan fingerprint density at radius 2 is 1.95 bits per heavy atom. The third-order valence-corrected chi connectivity index (χ3v) is 6.34. The smallest absolute Gasteiger partial charge is 0.413 e. The Bertz CT molecular complexity index is 1430. The van der Waals surface area contributed by atoms with Crippen LogP contribution in [0.25, 0.3) is 11.3 Å². The van der Waals surface area contributed by atoms with Gasteiger partial charge < -0.3 is 9.26 Å². The van der Waals surface area contributed by atoms with Crippen LogP contribution in [-0.4, -0.2) is 38.5 Å². The van der Waals surface area contributed by atoms with Crippen LogP contribution in [0, 0.1) is 11.3 Å². The Balaban J connectivity index is 1.45. The number of anilines is 2. The van der Waals surface area contributed by atoms with Crippen LogP contribution in [0.5, 0.6) is 0 Å². The molecule has 1 atom stereocenters. The van der Waals surface area contributed by atoms with Gasteiger partial charge in [0.05, 0.1) is 12.1 Å². The van der Waals surface area contributed by atoms with Crippen molar-refractivity contribution in [3.05, 3.63) is 47.2 Å². The first-order chi connectivity index (χ1) is 18.7. The molecule has 1 aliphatic carbocycles. The molecule has 0 bridgehead atoms. The highest BCUT2D eigenvalue weighted by molar-refractivity contribution is 5.91. The summed E-state index contributed by atoms with van der Waals surface area (Å²) in [5.41, 5.74) is 1.57. The van der Waals surface area contributed by atoms with E-state index in [1.807, 2.05) is 13.8 Å². The lowest BCUT2D eigenvalue weighted by Gasteiger charge is -2.20. The van der Waals surface area contributed by atoms with Crippen LogP contribution >= 0.6 is 0 Å². The van der Waals surface area contributed by atoms with Gasteiger partial charge in [-0.25, -0.2) is 18.3 Å². The summed E-state index contributed by atoms with van der Waals surface area (Å²) in [7, 11) is 0. The zero-order valence-electron chi connectivity index (χ0n) is 23.0. The van der Waals surface area contributed by atoms with Crippen LogP contribution < -0.4 is 10.6 Å². The van der Waals surface area contributed by atoms with Gasteiger partial charge in [0.15, 0.2) is 5.82 Å². The maximum Gasteiger partial charge on any atom is 0.413 e. The Labute approximate surface area is 230 Å². The molecule has 1 aliphatic rings. The number of benzene rings is 1. The lowest BCUT2D eigenvalue weighted by atomic mass is 10.0. The lowest BCUT2D eigenvalue weighted by Crippen LogP contribution is -2.28. The fourth-order valence-corrected chi connectivity index (χ4v) is 4.53. The van der Waals surface area contributed by atoms with Crippen molar-refractivity contribution in [1.29, 1.82) is 5.26 Å². The summed E-state index contributed by atoms with van der Waals surface area (Å²) < 4.78 is 39.0. The van der Waals surface area contributed by atoms with Crippen molar-refractivity contribution in [2.45, 2.75) is 83.8 Å². The van der Waals surface area contributed by atoms with E-state index in [0.29, 0.717) is 28.9 Å². The summed E-state index contributed by atoms with van der Waals surface area (Å²) in [6.45, 7) is 8.98. The predicted molar refractivity (Wildman–Crippen MR) is 143 cm³/mol. The van der Waals surface area contributed by atoms with Crippen molar-refractivity contribution in [3.8, 4) is 17.3 Å². The number of hydrogen-bond acceptors (Lipinski definition) is 7. The molecule has 2 amide bonds. The van der Waals surface area contributed by atoms with Crippen molar-refractivity contribution in [1.82, 2.24) is 14.9 Å². The number of ether oxygens (including phenoxy) is 1. The van der Waals surface area contributed by atoms with Crippen molar-refractivity contribution in [2.24, 2.45) is 0 Å². The van der Waals surface area contributed by atoms with E-state index in [9.17, 15) is 23.6 Å². The highest BCUT2D eigenvalue weighted by atomic mass is 19.3. The van der Waals surface area contributed by atoms with Crippen LogP contribution in [0.4, 0.5) is 25.3 Å². The molecule has 2 aromatic heterocycles. The summed E-state index contributed by atoms with van der Waals surface area (Å²) in [4.78, 5) is 25.0. The molecule has 2 heterocycles. The standard InChI is InChI=1S/C28H32F2N6O4/c1-16(2)36-25(33-26(38)39-27(3,4)5)20(15-31)24(34-36)18-8-6-17(7-9-18)12-22(37)32-23-13-21(35-40-23)19-10-11-28(29,30)14-19/h6-9,13,16,19H,10-12,14H2,1-5H3,(H,32,37)(H,33,38). The van der Waals surface area contributed by atoms with Gasteiger partial charge >= 0.3 is 6.09 Å². The highest BCUT2D eigenvalue weighted by Crippen LogP contribution is 2.44. The van der Waals surface area contributed by atoms with Crippen LogP contribution in [0.2, 0.25) is 0 Å². The number of carbonyl (C=O) groups excluding carboxylic acids is 2. The van der Waals surface area contributed by atoms with Gasteiger partial charge in [-0.05, 0) is 46.6 Å². The largest absolute Gasteiger partial charge is 0.444 e. The van der Waals surface area contributed by atoms with Crippen LogP contribution in [0.1, 0.15) is 82.7 Å². The summed E-state index contributed by atoms with van der Waals surface area (Å²) >= 11 is 0. The number of hydrogen-bond donors (Lipinski definition) is 2. The molecule has 1 fully saturated rings. The molecule has 1 unspecified atom stereocenters. The molecule has 212 valence electrons. The molecular formula is C28H32F2N6O4. The molecule has 12 heteroatoms. The maximum absolute atomic E-state index is 13.5. The molecular weight excluding hydrogens is 522 g/mol. The number of nitriles is 1.